The number of amides is 1. The van der Waals surface area contributed by atoms with Gasteiger partial charge >= 0.3 is 5.97 Å². The van der Waals surface area contributed by atoms with Crippen molar-refractivity contribution in [3.05, 3.63) is 23.8 Å². The van der Waals surface area contributed by atoms with Crippen LogP contribution in [-0.2, 0) is 24.3 Å². The zero-order chi connectivity index (χ0) is 19.4. The smallest absolute Gasteiger partial charge is 0.309 e. The summed E-state index contributed by atoms with van der Waals surface area (Å²) in [5.74, 6) is -0.898. The first-order chi connectivity index (χ1) is 12.9. The molecule has 0 spiro atoms. The fraction of sp³-hybridized carbons (Fsp3) is 0.579. The van der Waals surface area contributed by atoms with Gasteiger partial charge in [0.1, 0.15) is 0 Å². The lowest BCUT2D eigenvalue weighted by Gasteiger charge is -2.26. The van der Waals surface area contributed by atoms with Gasteiger partial charge in [-0.05, 0) is 50.3 Å². The molecule has 1 aromatic rings. The molecule has 1 N–H and O–H groups in total. The molecule has 148 valence electrons. The first-order valence-electron chi connectivity index (χ1n) is 9.45. The van der Waals surface area contributed by atoms with Crippen LogP contribution in [0.5, 0.6) is 0 Å². The molecule has 27 heavy (non-hydrogen) atoms. The zero-order valence-electron chi connectivity index (χ0n) is 15.6. The van der Waals surface area contributed by atoms with Gasteiger partial charge in [0.05, 0.1) is 10.8 Å². The van der Waals surface area contributed by atoms with Crippen LogP contribution in [0.3, 0.4) is 0 Å². The second-order valence-corrected chi connectivity index (χ2v) is 9.16. The van der Waals surface area contributed by atoms with Crippen LogP contribution in [0.25, 0.3) is 0 Å². The number of carbonyl (C=O) groups excluding carboxylic acids is 2. The number of anilines is 1. The van der Waals surface area contributed by atoms with Gasteiger partial charge in [-0.25, -0.2) is 8.42 Å². The zero-order valence-corrected chi connectivity index (χ0v) is 16.4. The fourth-order valence-electron chi connectivity index (χ4n) is 3.24. The van der Waals surface area contributed by atoms with Crippen LogP contribution in [0.4, 0.5) is 5.69 Å². The summed E-state index contributed by atoms with van der Waals surface area (Å²) < 4.78 is 32.1. The Balaban J connectivity index is 1.65. The number of hydrogen-bond acceptors (Lipinski definition) is 5. The summed E-state index contributed by atoms with van der Waals surface area (Å²) in [7, 11) is -3.57. The normalized spacial score (nSPS) is 18.6. The summed E-state index contributed by atoms with van der Waals surface area (Å²) in [4.78, 5) is 24.0. The van der Waals surface area contributed by atoms with Crippen molar-refractivity contribution in [2.24, 2.45) is 5.92 Å². The maximum atomic E-state index is 12.8. The molecule has 0 bridgehead atoms. The van der Waals surface area contributed by atoms with Gasteiger partial charge in [0, 0.05) is 18.8 Å². The van der Waals surface area contributed by atoms with Crippen molar-refractivity contribution in [3.63, 3.8) is 0 Å². The molecular weight excluding hydrogens is 368 g/mol. The van der Waals surface area contributed by atoms with E-state index in [1.165, 1.54) is 10.4 Å². The minimum atomic E-state index is -3.57. The molecular formula is C19H26N2O5S. The number of carbonyl (C=O) groups is 2. The summed E-state index contributed by atoms with van der Waals surface area (Å²) in [5.41, 5.74) is 1.16. The number of benzene rings is 1. The van der Waals surface area contributed by atoms with E-state index in [0.29, 0.717) is 18.8 Å². The molecule has 7 nitrogen and oxygen atoms in total. The van der Waals surface area contributed by atoms with Gasteiger partial charge < -0.3 is 10.1 Å². The number of piperidine rings is 1. The molecule has 0 radical (unpaired) electrons. The highest BCUT2D eigenvalue weighted by molar-refractivity contribution is 7.89. The average Bonchev–Trinajstić information content (AvgIpc) is 2.61. The van der Waals surface area contributed by atoms with Crippen molar-refractivity contribution in [1.82, 2.24) is 4.31 Å². The summed E-state index contributed by atoms with van der Waals surface area (Å²) in [6, 6.07) is 4.71. The third kappa shape index (κ3) is 4.68. The molecule has 2 fully saturated rings. The highest BCUT2D eigenvalue weighted by Crippen LogP contribution is 2.27. The second-order valence-electron chi connectivity index (χ2n) is 7.23. The molecule has 1 saturated heterocycles. The number of sulfonamides is 1. The van der Waals surface area contributed by atoms with Crippen LogP contribution in [-0.4, -0.2) is 44.3 Å². The SMILES string of the molecule is Cc1ccc(S(=O)(=O)N2CCCCC2)cc1NC(=O)COC(=O)C1CCC1. The lowest BCUT2D eigenvalue weighted by Crippen LogP contribution is -2.35. The second kappa shape index (κ2) is 8.39. The Morgan fingerprint density at radius 1 is 1.15 bits per heavy atom. The minimum absolute atomic E-state index is 0.0856. The maximum Gasteiger partial charge on any atom is 0.309 e. The molecule has 1 heterocycles. The Morgan fingerprint density at radius 3 is 2.48 bits per heavy atom. The van der Waals surface area contributed by atoms with Crippen molar-refractivity contribution in [2.75, 3.05) is 25.0 Å². The lowest BCUT2D eigenvalue weighted by molar-refractivity contribution is -0.154. The molecule has 1 aliphatic heterocycles. The number of rotatable bonds is 6. The lowest BCUT2D eigenvalue weighted by atomic mass is 9.86. The van der Waals surface area contributed by atoms with Crippen LogP contribution >= 0.6 is 0 Å². The Labute approximate surface area is 160 Å². The van der Waals surface area contributed by atoms with E-state index in [1.807, 2.05) is 0 Å². The third-order valence-corrected chi connectivity index (χ3v) is 7.11. The first-order valence-corrected chi connectivity index (χ1v) is 10.9. The Kier molecular flexibility index (Phi) is 6.16. The Hall–Kier alpha value is -1.93. The maximum absolute atomic E-state index is 12.8. The van der Waals surface area contributed by atoms with E-state index in [2.05, 4.69) is 5.32 Å². The summed E-state index contributed by atoms with van der Waals surface area (Å²) >= 11 is 0. The van der Waals surface area contributed by atoms with Crippen molar-refractivity contribution >= 4 is 27.6 Å². The van der Waals surface area contributed by atoms with Crippen LogP contribution in [0, 0.1) is 12.8 Å². The molecule has 0 aromatic heterocycles. The van der Waals surface area contributed by atoms with Crippen LogP contribution < -0.4 is 5.32 Å². The summed E-state index contributed by atoms with van der Waals surface area (Å²) in [5, 5.41) is 2.66. The monoisotopic (exact) mass is 394 g/mol. The van der Waals surface area contributed by atoms with Crippen molar-refractivity contribution in [1.29, 1.82) is 0 Å². The number of nitrogens with zero attached hydrogens (tertiary/aromatic N) is 1. The molecule has 2 aliphatic rings. The van der Waals surface area contributed by atoms with Gasteiger partial charge in [-0.15, -0.1) is 0 Å². The fourth-order valence-corrected chi connectivity index (χ4v) is 4.78. The standard InChI is InChI=1S/C19H26N2O5S/c1-14-8-9-16(27(24,25)21-10-3-2-4-11-21)12-17(14)20-18(22)13-26-19(23)15-6-5-7-15/h8-9,12,15H,2-7,10-11,13H2,1H3,(H,20,22). The predicted molar refractivity (Wildman–Crippen MR) is 101 cm³/mol. The average molecular weight is 394 g/mol. The minimum Gasteiger partial charge on any atom is -0.455 e. The van der Waals surface area contributed by atoms with E-state index in [1.54, 1.807) is 19.1 Å². The Morgan fingerprint density at radius 2 is 1.85 bits per heavy atom. The van der Waals surface area contributed by atoms with Gasteiger partial charge in [-0.1, -0.05) is 18.9 Å². The van der Waals surface area contributed by atoms with Crippen molar-refractivity contribution in [3.8, 4) is 0 Å². The van der Waals surface area contributed by atoms with E-state index in [-0.39, 0.29) is 23.4 Å². The molecule has 1 aromatic carbocycles. The number of aryl methyl sites for hydroxylation is 1. The highest BCUT2D eigenvalue weighted by atomic mass is 32.2. The first kappa shape index (κ1) is 19.8. The van der Waals surface area contributed by atoms with E-state index in [0.717, 1.165) is 44.1 Å². The highest BCUT2D eigenvalue weighted by Gasteiger charge is 2.28. The van der Waals surface area contributed by atoms with Crippen LogP contribution in [0.1, 0.15) is 44.1 Å². The number of nitrogens with one attached hydrogen (secondary N) is 1. The molecule has 3 rings (SSSR count). The topological polar surface area (TPSA) is 92.8 Å². The van der Waals surface area contributed by atoms with Crippen molar-refractivity contribution < 1.29 is 22.7 Å². The van der Waals surface area contributed by atoms with Crippen LogP contribution in [0.15, 0.2) is 23.1 Å². The number of hydrogen-bond donors (Lipinski definition) is 1. The number of esters is 1. The molecule has 0 unspecified atom stereocenters. The van der Waals surface area contributed by atoms with Gasteiger partial charge in [0.15, 0.2) is 6.61 Å². The van der Waals surface area contributed by atoms with E-state index < -0.39 is 15.9 Å². The number of ether oxygens (including phenoxy) is 1. The van der Waals surface area contributed by atoms with E-state index in [9.17, 15) is 18.0 Å². The predicted octanol–water partition coefficient (Wildman–Crippen LogP) is 2.45. The molecule has 8 heteroatoms. The van der Waals surface area contributed by atoms with Gasteiger partial charge in [0.2, 0.25) is 10.0 Å². The molecule has 1 saturated carbocycles. The Bertz CT molecular complexity index is 811. The molecule has 1 aliphatic carbocycles. The largest absolute Gasteiger partial charge is 0.455 e. The van der Waals surface area contributed by atoms with E-state index in [4.69, 9.17) is 4.74 Å². The summed E-state index contributed by atoms with van der Waals surface area (Å²) in [6.45, 7) is 2.47. The molecule has 0 atom stereocenters. The third-order valence-electron chi connectivity index (χ3n) is 5.22. The summed E-state index contributed by atoms with van der Waals surface area (Å²) in [6.07, 6.45) is 5.41. The van der Waals surface area contributed by atoms with Gasteiger partial charge in [-0.3, -0.25) is 9.59 Å². The van der Waals surface area contributed by atoms with E-state index >= 15 is 0 Å². The quantitative estimate of drug-likeness (QED) is 0.748. The van der Waals surface area contributed by atoms with Crippen LogP contribution in [0.2, 0.25) is 0 Å². The van der Waals surface area contributed by atoms with Gasteiger partial charge in [0.25, 0.3) is 5.91 Å². The van der Waals surface area contributed by atoms with Crippen molar-refractivity contribution in [2.45, 2.75) is 50.3 Å². The van der Waals surface area contributed by atoms with Gasteiger partial charge in [-0.2, -0.15) is 4.31 Å². The molecule has 1 amide bonds.